The van der Waals surface area contributed by atoms with Gasteiger partial charge in [0.15, 0.2) is 18.8 Å². The fourth-order valence-corrected chi connectivity index (χ4v) is 14.1. The van der Waals surface area contributed by atoms with Crippen molar-refractivity contribution in [1.82, 2.24) is 29.9 Å². The summed E-state index contributed by atoms with van der Waals surface area (Å²) in [6.45, 7) is 15.6. The number of ether oxygens (including phenoxy) is 8. The van der Waals surface area contributed by atoms with E-state index < -0.39 is 43.0 Å². The highest BCUT2D eigenvalue weighted by Gasteiger charge is 2.38. The largest absolute Gasteiger partial charge is 0.491 e. The van der Waals surface area contributed by atoms with Gasteiger partial charge >= 0.3 is 24.0 Å². The highest BCUT2D eigenvalue weighted by molar-refractivity contribution is 14.0. The molecule has 0 N–H and O–H groups in total. The smallest absolute Gasteiger partial charge is 0.328 e. The van der Waals surface area contributed by atoms with E-state index in [2.05, 4.69) is 29.9 Å². The minimum atomic E-state index is -4.24. The summed E-state index contributed by atoms with van der Waals surface area (Å²) in [5.41, 5.74) is -0.237. The molecule has 0 unspecified atom stereocenters. The van der Waals surface area contributed by atoms with Gasteiger partial charge in [-0.25, -0.2) is 17.6 Å². The van der Waals surface area contributed by atoms with Crippen LogP contribution in [0.25, 0.3) is 22.8 Å². The molecule has 101 heavy (non-hydrogen) atoms. The quantitative estimate of drug-likeness (QED) is 0.0337. The minimum Gasteiger partial charge on any atom is -0.491 e. The Morgan fingerprint density at radius 1 is 0.347 bits per heavy atom. The van der Waals surface area contributed by atoms with Gasteiger partial charge in [-0.2, -0.15) is 19.9 Å². The summed E-state index contributed by atoms with van der Waals surface area (Å²) in [5, 5.41) is 1.98. The monoisotopic (exact) mass is 1530 g/mol. The van der Waals surface area contributed by atoms with Gasteiger partial charge in [0.05, 0.1) is 48.1 Å². The third-order valence-electron chi connectivity index (χ3n) is 13.8. The van der Waals surface area contributed by atoms with Crippen LogP contribution in [0.5, 0.6) is 70.0 Å². The highest BCUT2D eigenvalue weighted by Crippen LogP contribution is 2.46. The van der Waals surface area contributed by atoms with Crippen LogP contribution in [0.15, 0.2) is 249 Å². The SMILES string of the molecule is CC(C)Oc1ccc(P(=O)(c2ccc(OC(C)C)cc2)c2c(F)ccc(-c3nc(Oc4ccccc4)nc(Oc4ccccc4)n3)c2F)cc1.CC(C)Oc1ccc(P(Cl)c2ccc(OC(C)C)cc2)cc1.Fc1ccc(-c2nc(Oc3ccccc3)nc(Oc3ccccc3)n2)c(F)c1.I. The Bertz CT molecular complexity index is 4440. The van der Waals surface area contributed by atoms with Gasteiger partial charge in [-0.3, -0.25) is 0 Å². The van der Waals surface area contributed by atoms with Crippen LogP contribution >= 0.6 is 49.6 Å². The molecule has 12 rings (SSSR count). The molecule has 0 amide bonds. The van der Waals surface area contributed by atoms with Crippen LogP contribution in [-0.4, -0.2) is 54.3 Å². The first-order valence-electron chi connectivity index (χ1n) is 31.7. The van der Waals surface area contributed by atoms with Gasteiger partial charge in [-0.05, 0) is 236 Å². The van der Waals surface area contributed by atoms with Crippen molar-refractivity contribution in [2.24, 2.45) is 0 Å². The third-order valence-corrected chi connectivity index (χ3v) is 19.6. The maximum absolute atomic E-state index is 17.1. The predicted octanol–water partition coefficient (Wildman–Crippen LogP) is 19.5. The molecule has 0 aliphatic rings. The summed E-state index contributed by atoms with van der Waals surface area (Å²) < 4.78 is 122. The number of halogens is 6. The number of benzene rings is 10. The average molecular weight is 1540 g/mol. The molecule has 0 bridgehead atoms. The minimum absolute atomic E-state index is 0. The van der Waals surface area contributed by atoms with E-state index in [1.54, 1.807) is 146 Å². The number of rotatable bonds is 23. The molecule has 0 radical (unpaired) electrons. The normalized spacial score (nSPS) is 11.0. The molecular weight excluding hydrogens is 1470 g/mol. The van der Waals surface area contributed by atoms with Gasteiger partial charge in [-0.15, -0.1) is 33.9 Å². The van der Waals surface area contributed by atoms with Crippen LogP contribution in [0.2, 0.25) is 0 Å². The Hall–Kier alpha value is -9.98. The lowest BCUT2D eigenvalue weighted by atomic mass is 10.2. The van der Waals surface area contributed by atoms with Crippen LogP contribution in [0.1, 0.15) is 55.4 Å². The van der Waals surface area contributed by atoms with Crippen molar-refractivity contribution in [2.45, 2.75) is 79.8 Å². The van der Waals surface area contributed by atoms with Crippen LogP contribution in [-0.2, 0) is 4.57 Å². The van der Waals surface area contributed by atoms with E-state index in [4.69, 9.17) is 49.1 Å². The van der Waals surface area contributed by atoms with E-state index in [1.165, 1.54) is 12.1 Å². The summed E-state index contributed by atoms with van der Waals surface area (Å²) >= 11 is 6.63. The highest BCUT2D eigenvalue weighted by atomic mass is 127. The summed E-state index contributed by atoms with van der Waals surface area (Å²) in [6.07, 6.45) is 0.132. The Morgan fingerprint density at radius 2 is 0.644 bits per heavy atom. The van der Waals surface area contributed by atoms with Crippen LogP contribution in [0.4, 0.5) is 17.6 Å². The number of nitrogens with zero attached hydrogens (tertiary/aromatic N) is 6. The third kappa shape index (κ3) is 21.1. The first-order chi connectivity index (χ1) is 48.2. The molecule has 0 spiro atoms. The van der Waals surface area contributed by atoms with Gasteiger partial charge in [0.2, 0.25) is 0 Å². The zero-order valence-corrected chi connectivity index (χ0v) is 60.9. The Kier molecular flexibility index (Phi) is 26.7. The lowest BCUT2D eigenvalue weighted by Gasteiger charge is -2.23. The van der Waals surface area contributed by atoms with Gasteiger partial charge < -0.3 is 42.5 Å². The molecule has 0 saturated carbocycles. The molecule has 0 atom stereocenters. The van der Waals surface area contributed by atoms with E-state index >= 15 is 13.3 Å². The van der Waals surface area contributed by atoms with Crippen molar-refractivity contribution in [3.8, 4) is 92.8 Å². The van der Waals surface area contributed by atoms with Crippen molar-refractivity contribution in [3.63, 3.8) is 0 Å². The second-order valence-electron chi connectivity index (χ2n) is 23.0. The van der Waals surface area contributed by atoms with E-state index in [1.807, 2.05) is 128 Å². The van der Waals surface area contributed by atoms with Crippen LogP contribution in [0, 0.1) is 23.3 Å². The van der Waals surface area contributed by atoms with Crippen molar-refractivity contribution >= 4 is 76.2 Å². The molecule has 0 saturated heterocycles. The molecule has 10 aromatic carbocycles. The molecule has 0 aliphatic heterocycles. The number of hydrogen-bond donors (Lipinski definition) is 0. The topological polar surface area (TPSA) is 168 Å². The van der Waals surface area contributed by atoms with Crippen molar-refractivity contribution < 1.29 is 60.0 Å². The van der Waals surface area contributed by atoms with Crippen molar-refractivity contribution in [2.75, 3.05) is 0 Å². The molecule has 0 fully saturated rings. The lowest BCUT2D eigenvalue weighted by Crippen LogP contribution is -2.30. The second-order valence-corrected chi connectivity index (χ2v) is 28.3. The number of para-hydroxylation sites is 4. The number of hydrogen-bond acceptors (Lipinski definition) is 15. The van der Waals surface area contributed by atoms with Gasteiger partial charge in [-0.1, -0.05) is 84.0 Å². The van der Waals surface area contributed by atoms with E-state index in [-0.39, 0.29) is 106 Å². The van der Waals surface area contributed by atoms with Gasteiger partial charge in [0, 0.05) is 16.7 Å². The van der Waals surface area contributed by atoms with E-state index in [0.717, 1.165) is 40.3 Å². The standard InChI is InChI=1S/C39H34F2N3O5P.C21H13F2N3O2.C18H22ClO2P.HI/c1-25(2)46-29-15-19-31(20-16-29)50(45,32-21-17-30(18-22-32)47-26(3)4)36-34(40)24-23-33(35(36)41)37-42-38(48-27-11-7-5-8-12-27)44-39(43-37)49-28-13-9-6-10-14-28;22-14-11-12-17(18(23)13-14)19-24-20(27-15-7-3-1-4-8-15)26-21(25-19)28-16-9-5-2-6-10-16;1-13(2)20-15-5-9-17(10-6-15)22(19)18-11-7-16(8-12-18)21-14(3)4;/h5-26H,1-4H3;1-13H;5-14H,1-4H3;1H. The maximum Gasteiger partial charge on any atom is 0.328 e. The van der Waals surface area contributed by atoms with Crippen molar-refractivity contribution in [3.05, 3.63) is 272 Å². The molecule has 23 heteroatoms. The molecule has 518 valence electrons. The molecule has 15 nitrogen and oxygen atoms in total. The van der Waals surface area contributed by atoms with E-state index in [0.29, 0.717) is 34.5 Å². The summed E-state index contributed by atoms with van der Waals surface area (Å²) in [4.78, 5) is 25.4. The van der Waals surface area contributed by atoms with Crippen LogP contribution in [0.3, 0.4) is 0 Å². The molecule has 2 heterocycles. The predicted molar refractivity (Wildman–Crippen MR) is 399 cm³/mol. The first kappa shape index (κ1) is 75.2. The summed E-state index contributed by atoms with van der Waals surface area (Å²) in [6, 6.07) is 68.8. The molecule has 0 aliphatic carbocycles. The molecular formula is C78H70ClF4IN6O9P2. The van der Waals surface area contributed by atoms with Gasteiger partial charge in [0.1, 0.15) is 69.3 Å². The van der Waals surface area contributed by atoms with Gasteiger partial charge in [0.25, 0.3) is 0 Å². The zero-order valence-electron chi connectivity index (χ0n) is 56.0. The summed E-state index contributed by atoms with van der Waals surface area (Å²) in [7, 11) is -5.11. The Morgan fingerprint density at radius 3 is 0.950 bits per heavy atom. The fourth-order valence-electron chi connectivity index (χ4n) is 9.57. The van der Waals surface area contributed by atoms with Crippen LogP contribution < -0.4 is 64.4 Å². The maximum atomic E-state index is 17.1. The fraction of sp³-hybridized carbons (Fsp3) is 0.154. The first-order valence-corrected chi connectivity index (χ1v) is 35.7. The number of aromatic nitrogens is 6. The Labute approximate surface area is 606 Å². The second kappa shape index (κ2) is 35.9. The van der Waals surface area contributed by atoms with Crippen molar-refractivity contribution in [1.29, 1.82) is 0 Å². The average Bonchev–Trinajstić information content (AvgIpc) is 0.739. The lowest BCUT2D eigenvalue weighted by molar-refractivity contribution is 0.242. The zero-order chi connectivity index (χ0) is 70.7. The Balaban J connectivity index is 0.000000196. The molecule has 2 aromatic heterocycles. The summed E-state index contributed by atoms with van der Waals surface area (Å²) in [5.74, 6) is 0.724. The molecule has 12 aromatic rings. The van der Waals surface area contributed by atoms with E-state index in [9.17, 15) is 8.78 Å².